The van der Waals surface area contributed by atoms with Crippen LogP contribution in [-0.4, -0.2) is 38.1 Å². The maximum absolute atomic E-state index is 12.2. The van der Waals surface area contributed by atoms with Crippen molar-refractivity contribution in [2.75, 3.05) is 17.7 Å². The summed E-state index contributed by atoms with van der Waals surface area (Å²) in [6.07, 6.45) is 3.57. The van der Waals surface area contributed by atoms with Gasteiger partial charge in [-0.05, 0) is 42.8 Å². The average molecular weight is 415 g/mol. The number of carbonyl (C=O) groups is 1. The Hall–Kier alpha value is -4.27. The summed E-state index contributed by atoms with van der Waals surface area (Å²) in [5.41, 5.74) is 3.19. The zero-order valence-corrected chi connectivity index (χ0v) is 17.1. The van der Waals surface area contributed by atoms with Gasteiger partial charge < -0.3 is 15.4 Å². The number of carbonyl (C=O) groups excluding carboxylic acids is 1. The molecule has 1 aromatic carbocycles. The zero-order valence-electron chi connectivity index (χ0n) is 17.1. The van der Waals surface area contributed by atoms with E-state index >= 15 is 0 Å². The van der Waals surface area contributed by atoms with Crippen LogP contribution >= 0.6 is 0 Å². The van der Waals surface area contributed by atoms with Crippen LogP contribution in [0.4, 0.5) is 11.8 Å². The van der Waals surface area contributed by atoms with Gasteiger partial charge in [-0.1, -0.05) is 12.1 Å². The number of nitrogens with zero attached hydrogens (tertiary/aromatic N) is 4. The molecular formula is C22H21N7O2. The highest BCUT2D eigenvalue weighted by Crippen LogP contribution is 2.30. The molecule has 0 aliphatic rings. The highest BCUT2D eigenvalue weighted by Gasteiger charge is 2.12. The lowest BCUT2D eigenvalue weighted by Crippen LogP contribution is -2.14. The van der Waals surface area contributed by atoms with Gasteiger partial charge in [0.15, 0.2) is 5.82 Å². The molecule has 1 amide bonds. The molecule has 9 heteroatoms. The monoisotopic (exact) mass is 415 g/mol. The fourth-order valence-corrected chi connectivity index (χ4v) is 2.94. The normalized spacial score (nSPS) is 10.5. The minimum atomic E-state index is -0.142. The topological polar surface area (TPSA) is 118 Å². The molecule has 31 heavy (non-hydrogen) atoms. The van der Waals surface area contributed by atoms with Crippen LogP contribution in [-0.2, 0) is 11.2 Å². The van der Waals surface area contributed by atoms with Crippen molar-refractivity contribution in [1.82, 2.24) is 25.1 Å². The Morgan fingerprint density at radius 3 is 2.68 bits per heavy atom. The lowest BCUT2D eigenvalue weighted by molar-refractivity contribution is -0.115. The molecule has 9 nitrogen and oxygen atoms in total. The highest BCUT2D eigenvalue weighted by atomic mass is 16.5. The van der Waals surface area contributed by atoms with Crippen LogP contribution in [0, 0.1) is 6.92 Å². The van der Waals surface area contributed by atoms with Crippen molar-refractivity contribution in [2.45, 2.75) is 13.3 Å². The van der Waals surface area contributed by atoms with E-state index in [0.29, 0.717) is 29.1 Å². The van der Waals surface area contributed by atoms with E-state index in [1.54, 1.807) is 43.7 Å². The lowest BCUT2D eigenvalue weighted by atomic mass is 10.1. The molecule has 0 spiro atoms. The third-order valence-corrected chi connectivity index (χ3v) is 4.40. The van der Waals surface area contributed by atoms with E-state index in [2.05, 4.69) is 35.8 Å². The van der Waals surface area contributed by atoms with Gasteiger partial charge in [-0.25, -0.2) is 15.0 Å². The molecule has 4 aromatic rings. The molecule has 0 saturated carbocycles. The van der Waals surface area contributed by atoms with E-state index < -0.39 is 0 Å². The van der Waals surface area contributed by atoms with Crippen LogP contribution in [0.1, 0.15) is 11.3 Å². The summed E-state index contributed by atoms with van der Waals surface area (Å²) in [6, 6.07) is 14.6. The fraction of sp³-hybridized carbons (Fsp3) is 0.136. The average Bonchev–Trinajstić information content (AvgIpc) is 3.20. The summed E-state index contributed by atoms with van der Waals surface area (Å²) in [5.74, 6) is 1.92. The fourth-order valence-electron chi connectivity index (χ4n) is 2.94. The number of aryl methyl sites for hydroxylation is 1. The SMILES string of the molecule is CNc1nccc(-c2cccnc2Oc2ccc(CC(=O)Nc3cc(C)[nH]n3)cc2)n1. The zero-order chi connectivity index (χ0) is 21.6. The molecule has 0 aliphatic heterocycles. The Kier molecular flexibility index (Phi) is 5.84. The summed E-state index contributed by atoms with van der Waals surface area (Å²) >= 11 is 0. The minimum Gasteiger partial charge on any atom is -0.438 e. The molecule has 0 aliphatic carbocycles. The van der Waals surface area contributed by atoms with E-state index in [0.717, 1.165) is 16.8 Å². The van der Waals surface area contributed by atoms with Gasteiger partial charge in [-0.2, -0.15) is 5.10 Å². The number of ether oxygens (including phenoxy) is 1. The van der Waals surface area contributed by atoms with Gasteiger partial charge in [0.1, 0.15) is 5.75 Å². The number of nitrogens with one attached hydrogen (secondary N) is 3. The standard InChI is InChI=1S/C22H21N7O2/c1-14-12-19(29-28-14)27-20(30)13-15-5-7-16(8-6-15)31-21-17(4-3-10-24-21)18-9-11-25-22(23-2)26-18/h3-12H,13H2,1-2H3,(H,23,25,26)(H2,27,28,29,30). The second-order valence-electron chi connectivity index (χ2n) is 6.78. The summed E-state index contributed by atoms with van der Waals surface area (Å²) in [7, 11) is 1.76. The largest absolute Gasteiger partial charge is 0.438 e. The molecule has 0 radical (unpaired) electrons. The number of benzene rings is 1. The lowest BCUT2D eigenvalue weighted by Gasteiger charge is -2.10. The third-order valence-electron chi connectivity index (χ3n) is 4.40. The van der Waals surface area contributed by atoms with Gasteiger partial charge in [0.05, 0.1) is 17.7 Å². The minimum absolute atomic E-state index is 0.142. The maximum Gasteiger partial charge on any atom is 0.229 e. The number of amides is 1. The van der Waals surface area contributed by atoms with Gasteiger partial charge >= 0.3 is 0 Å². The van der Waals surface area contributed by atoms with Crippen LogP contribution in [0.3, 0.4) is 0 Å². The molecule has 3 heterocycles. The summed E-state index contributed by atoms with van der Waals surface area (Å²) in [4.78, 5) is 25.1. The van der Waals surface area contributed by atoms with Crippen molar-refractivity contribution in [1.29, 1.82) is 0 Å². The van der Waals surface area contributed by atoms with Crippen LogP contribution in [0.15, 0.2) is 60.9 Å². The molecule has 0 unspecified atom stereocenters. The Morgan fingerprint density at radius 2 is 1.94 bits per heavy atom. The van der Waals surface area contributed by atoms with E-state index in [4.69, 9.17) is 4.74 Å². The molecule has 0 fully saturated rings. The Morgan fingerprint density at radius 1 is 1.10 bits per heavy atom. The molecule has 156 valence electrons. The van der Waals surface area contributed by atoms with Crippen LogP contribution in [0.25, 0.3) is 11.3 Å². The molecule has 0 atom stereocenters. The molecule has 0 saturated heterocycles. The molecule has 3 N–H and O–H groups in total. The van der Waals surface area contributed by atoms with Crippen molar-refractivity contribution in [3.05, 3.63) is 72.2 Å². The number of aromatic amines is 1. The summed E-state index contributed by atoms with van der Waals surface area (Å²) < 4.78 is 5.99. The first-order valence-corrected chi connectivity index (χ1v) is 9.65. The van der Waals surface area contributed by atoms with E-state index in [1.807, 2.05) is 31.2 Å². The Labute approximate surface area is 178 Å². The van der Waals surface area contributed by atoms with Gasteiger partial charge in [0.25, 0.3) is 0 Å². The molecule has 0 bridgehead atoms. The van der Waals surface area contributed by atoms with Crippen molar-refractivity contribution >= 4 is 17.7 Å². The molecule has 3 aromatic heterocycles. The third kappa shape index (κ3) is 5.02. The van der Waals surface area contributed by atoms with E-state index in [-0.39, 0.29) is 12.3 Å². The number of H-pyrrole nitrogens is 1. The van der Waals surface area contributed by atoms with E-state index in [9.17, 15) is 4.79 Å². The van der Waals surface area contributed by atoms with Crippen LogP contribution < -0.4 is 15.4 Å². The quantitative estimate of drug-likeness (QED) is 0.422. The molecular weight excluding hydrogens is 394 g/mol. The summed E-state index contributed by atoms with van der Waals surface area (Å²) in [5, 5.41) is 12.5. The maximum atomic E-state index is 12.2. The predicted octanol–water partition coefficient (Wildman–Crippen LogP) is 3.59. The van der Waals surface area contributed by atoms with Crippen molar-refractivity contribution in [3.8, 4) is 22.9 Å². The van der Waals surface area contributed by atoms with Gasteiger partial charge in [-0.15, -0.1) is 0 Å². The number of aromatic nitrogens is 5. The van der Waals surface area contributed by atoms with Gasteiger partial charge in [0, 0.05) is 31.2 Å². The first kappa shape index (κ1) is 20.0. The van der Waals surface area contributed by atoms with Crippen molar-refractivity contribution < 1.29 is 9.53 Å². The second-order valence-corrected chi connectivity index (χ2v) is 6.78. The number of anilines is 2. The highest BCUT2D eigenvalue weighted by molar-refractivity contribution is 5.91. The smallest absolute Gasteiger partial charge is 0.229 e. The van der Waals surface area contributed by atoms with Crippen molar-refractivity contribution in [3.63, 3.8) is 0 Å². The first-order chi connectivity index (χ1) is 15.1. The van der Waals surface area contributed by atoms with E-state index in [1.165, 1.54) is 0 Å². The summed E-state index contributed by atoms with van der Waals surface area (Å²) in [6.45, 7) is 1.87. The Balaban J connectivity index is 1.45. The molecule has 4 rings (SSSR count). The van der Waals surface area contributed by atoms with Gasteiger partial charge in [-0.3, -0.25) is 9.89 Å². The number of hydrogen-bond donors (Lipinski definition) is 3. The second kappa shape index (κ2) is 9.04. The van der Waals surface area contributed by atoms with Crippen LogP contribution in [0.2, 0.25) is 0 Å². The predicted molar refractivity (Wildman–Crippen MR) is 117 cm³/mol. The van der Waals surface area contributed by atoms with Crippen molar-refractivity contribution in [2.24, 2.45) is 0 Å². The first-order valence-electron chi connectivity index (χ1n) is 9.65. The Bertz CT molecular complexity index is 1190. The van der Waals surface area contributed by atoms with Crippen LogP contribution in [0.5, 0.6) is 11.6 Å². The number of rotatable bonds is 7. The number of hydrogen-bond acceptors (Lipinski definition) is 7. The van der Waals surface area contributed by atoms with Gasteiger partial charge in [0.2, 0.25) is 17.7 Å². The number of pyridine rings is 1.